The number of rotatable bonds is 2. The second-order valence-electron chi connectivity index (χ2n) is 6.25. The second-order valence-corrected chi connectivity index (χ2v) is 6.25. The maximum atomic E-state index is 12.7. The molecule has 2 heterocycles. The van der Waals surface area contributed by atoms with Gasteiger partial charge in [0.1, 0.15) is 5.52 Å². The number of aromatic amines is 2. The Kier molecular flexibility index (Phi) is 3.16. The summed E-state index contributed by atoms with van der Waals surface area (Å²) in [6.45, 7) is 4.25. The highest BCUT2D eigenvalue weighted by Gasteiger charge is 2.13. The number of H-pyrrole nitrogens is 2. The molecule has 0 fully saturated rings. The predicted molar refractivity (Wildman–Crippen MR) is 96.1 cm³/mol. The van der Waals surface area contributed by atoms with Crippen molar-refractivity contribution < 1.29 is 0 Å². The highest BCUT2D eigenvalue weighted by Crippen LogP contribution is 2.19. The minimum atomic E-state index is -0.259. The summed E-state index contributed by atoms with van der Waals surface area (Å²) in [5.74, 6) is 0.429. The summed E-state index contributed by atoms with van der Waals surface area (Å²) in [4.78, 5) is 27.6. The summed E-state index contributed by atoms with van der Waals surface area (Å²) >= 11 is 0. The van der Waals surface area contributed by atoms with Crippen LogP contribution < -0.4 is 11.1 Å². The average Bonchev–Trinajstić information content (AvgIpc) is 2.92. The van der Waals surface area contributed by atoms with Gasteiger partial charge < -0.3 is 4.98 Å². The Morgan fingerprint density at radius 2 is 1.54 bits per heavy atom. The Labute approximate surface area is 137 Å². The normalized spacial score (nSPS) is 11.6. The van der Waals surface area contributed by atoms with Gasteiger partial charge in [-0.2, -0.15) is 0 Å². The molecule has 0 aliphatic heterocycles. The number of hydrogen-bond donors (Lipinski definition) is 2. The Balaban J connectivity index is 2.00. The topological polar surface area (TPSA) is 70.7 Å². The van der Waals surface area contributed by atoms with E-state index in [2.05, 4.69) is 23.9 Å². The summed E-state index contributed by atoms with van der Waals surface area (Å²) in [6, 6.07) is 15.1. The molecule has 0 spiro atoms. The molecule has 0 saturated carbocycles. The largest absolute Gasteiger partial charge is 0.315 e. The third-order valence-electron chi connectivity index (χ3n) is 4.39. The number of fused-ring (bicyclic) bond motifs is 3. The van der Waals surface area contributed by atoms with Crippen LogP contribution in [0.1, 0.15) is 25.3 Å². The molecule has 5 heteroatoms. The van der Waals surface area contributed by atoms with Crippen molar-refractivity contribution in [2.24, 2.45) is 0 Å². The number of hydrogen-bond acceptors (Lipinski definition) is 2. The number of benzene rings is 2. The van der Waals surface area contributed by atoms with Gasteiger partial charge in [0.05, 0.1) is 11.2 Å². The summed E-state index contributed by atoms with van der Waals surface area (Å²) in [5.41, 5.74) is 2.38. The van der Waals surface area contributed by atoms with Gasteiger partial charge in [-0.05, 0) is 29.7 Å². The standard InChI is InChI=1S/C19H17N3O2/c1-11(2)12-7-9-13(10-8-12)22-19(24)17-16(21-22)14-5-3-4-6-15(14)18(23)20-17/h3-11,21H,1-2H3,(H,20,23). The van der Waals surface area contributed by atoms with Gasteiger partial charge in [-0.15, -0.1) is 0 Å². The average molecular weight is 319 g/mol. The van der Waals surface area contributed by atoms with E-state index in [1.54, 1.807) is 6.07 Å². The highest BCUT2D eigenvalue weighted by atomic mass is 16.1. The van der Waals surface area contributed by atoms with E-state index in [9.17, 15) is 9.59 Å². The fourth-order valence-corrected chi connectivity index (χ4v) is 3.02. The molecule has 24 heavy (non-hydrogen) atoms. The number of aromatic nitrogens is 3. The minimum absolute atomic E-state index is 0.253. The molecule has 0 radical (unpaired) electrons. The molecule has 2 N–H and O–H groups in total. The third-order valence-corrected chi connectivity index (χ3v) is 4.39. The zero-order valence-electron chi connectivity index (χ0n) is 13.5. The number of nitrogens with one attached hydrogen (secondary N) is 2. The first-order valence-corrected chi connectivity index (χ1v) is 7.92. The molecule has 0 aliphatic carbocycles. The van der Waals surface area contributed by atoms with Crippen LogP contribution in [0.2, 0.25) is 0 Å². The molecule has 0 amide bonds. The number of pyridine rings is 1. The first-order valence-electron chi connectivity index (χ1n) is 7.92. The fraction of sp³-hybridized carbons (Fsp3) is 0.158. The quantitative estimate of drug-likeness (QED) is 0.595. The highest BCUT2D eigenvalue weighted by molar-refractivity contribution is 6.02. The van der Waals surface area contributed by atoms with Gasteiger partial charge in [-0.1, -0.05) is 44.2 Å². The number of nitrogens with zero attached hydrogens (tertiary/aromatic N) is 1. The molecule has 2 aromatic carbocycles. The molecule has 0 saturated heterocycles. The maximum absolute atomic E-state index is 12.7. The van der Waals surface area contributed by atoms with Gasteiger partial charge in [0.2, 0.25) is 0 Å². The van der Waals surface area contributed by atoms with E-state index in [4.69, 9.17) is 0 Å². The van der Waals surface area contributed by atoms with Crippen LogP contribution in [-0.2, 0) is 0 Å². The van der Waals surface area contributed by atoms with Crippen LogP contribution >= 0.6 is 0 Å². The van der Waals surface area contributed by atoms with E-state index in [1.807, 2.05) is 42.5 Å². The van der Waals surface area contributed by atoms with Crippen molar-refractivity contribution in [2.45, 2.75) is 19.8 Å². The van der Waals surface area contributed by atoms with Crippen LogP contribution in [-0.4, -0.2) is 14.8 Å². The molecule has 5 nitrogen and oxygen atoms in total. The van der Waals surface area contributed by atoms with E-state index in [0.29, 0.717) is 22.3 Å². The fourth-order valence-electron chi connectivity index (χ4n) is 3.02. The van der Waals surface area contributed by atoms with Crippen LogP contribution in [0.15, 0.2) is 58.1 Å². The van der Waals surface area contributed by atoms with Crippen molar-refractivity contribution in [3.8, 4) is 5.69 Å². The molecule has 0 bridgehead atoms. The first kappa shape index (κ1) is 14.5. The third kappa shape index (κ3) is 2.09. The summed E-state index contributed by atoms with van der Waals surface area (Å²) in [6.07, 6.45) is 0. The maximum Gasteiger partial charge on any atom is 0.295 e. The van der Waals surface area contributed by atoms with Gasteiger partial charge in [-0.25, -0.2) is 4.68 Å². The van der Waals surface area contributed by atoms with Gasteiger partial charge in [-0.3, -0.25) is 14.7 Å². The molecule has 0 atom stereocenters. The van der Waals surface area contributed by atoms with E-state index >= 15 is 0 Å². The van der Waals surface area contributed by atoms with Crippen molar-refractivity contribution in [1.29, 1.82) is 0 Å². The van der Waals surface area contributed by atoms with E-state index in [-0.39, 0.29) is 11.1 Å². The summed E-state index contributed by atoms with van der Waals surface area (Å²) < 4.78 is 1.47. The van der Waals surface area contributed by atoms with Crippen molar-refractivity contribution in [1.82, 2.24) is 14.8 Å². The Morgan fingerprint density at radius 1 is 0.875 bits per heavy atom. The summed E-state index contributed by atoms with van der Waals surface area (Å²) in [5, 5.41) is 4.44. The predicted octanol–water partition coefficient (Wildman–Crippen LogP) is 3.28. The first-order chi connectivity index (χ1) is 11.6. The van der Waals surface area contributed by atoms with Crippen LogP contribution in [0.5, 0.6) is 0 Å². The van der Waals surface area contributed by atoms with Crippen molar-refractivity contribution in [2.75, 3.05) is 0 Å². The molecule has 0 unspecified atom stereocenters. The van der Waals surface area contributed by atoms with Gasteiger partial charge >= 0.3 is 0 Å². The lowest BCUT2D eigenvalue weighted by Crippen LogP contribution is -2.16. The van der Waals surface area contributed by atoms with E-state index in [1.165, 1.54) is 10.2 Å². The zero-order chi connectivity index (χ0) is 16.8. The van der Waals surface area contributed by atoms with Gasteiger partial charge in [0, 0.05) is 10.8 Å². The SMILES string of the molecule is CC(C)c1ccc(-n2[nH]c3c([nH]c(=O)c4ccccc43)c2=O)cc1. The van der Waals surface area contributed by atoms with Crippen LogP contribution in [0.25, 0.3) is 27.5 Å². The van der Waals surface area contributed by atoms with Crippen LogP contribution in [0.4, 0.5) is 0 Å². The molecule has 2 aromatic heterocycles. The molecular formula is C19H17N3O2. The van der Waals surface area contributed by atoms with Crippen LogP contribution in [0, 0.1) is 0 Å². The molecule has 120 valence electrons. The second kappa shape index (κ2) is 5.23. The van der Waals surface area contributed by atoms with E-state index in [0.717, 1.165) is 11.1 Å². The molecule has 4 rings (SSSR count). The minimum Gasteiger partial charge on any atom is -0.315 e. The van der Waals surface area contributed by atoms with Crippen molar-refractivity contribution in [3.63, 3.8) is 0 Å². The van der Waals surface area contributed by atoms with Gasteiger partial charge in [0.15, 0.2) is 0 Å². The van der Waals surface area contributed by atoms with Gasteiger partial charge in [0.25, 0.3) is 11.1 Å². The zero-order valence-corrected chi connectivity index (χ0v) is 13.5. The monoisotopic (exact) mass is 319 g/mol. The lowest BCUT2D eigenvalue weighted by atomic mass is 10.0. The molecular weight excluding hydrogens is 302 g/mol. The Hall–Kier alpha value is -3.08. The lowest BCUT2D eigenvalue weighted by Gasteiger charge is -2.06. The van der Waals surface area contributed by atoms with Crippen molar-refractivity contribution >= 4 is 21.8 Å². The Bertz CT molecular complexity index is 1160. The molecule has 4 aromatic rings. The van der Waals surface area contributed by atoms with Crippen molar-refractivity contribution in [3.05, 3.63) is 74.8 Å². The summed E-state index contributed by atoms with van der Waals surface area (Å²) in [7, 11) is 0. The Morgan fingerprint density at radius 3 is 2.21 bits per heavy atom. The van der Waals surface area contributed by atoms with Crippen LogP contribution in [0.3, 0.4) is 0 Å². The lowest BCUT2D eigenvalue weighted by molar-refractivity contribution is 0.846. The van der Waals surface area contributed by atoms with E-state index < -0.39 is 0 Å². The molecule has 0 aliphatic rings. The smallest absolute Gasteiger partial charge is 0.295 e.